The highest BCUT2D eigenvalue weighted by Gasteiger charge is 2.31. The molecule has 1 N–H and O–H groups in total. The van der Waals surface area contributed by atoms with Crippen LogP contribution in [0.3, 0.4) is 0 Å². The Hall–Kier alpha value is -2.78. The van der Waals surface area contributed by atoms with E-state index >= 15 is 0 Å². The number of aryl methyl sites for hydroxylation is 1. The van der Waals surface area contributed by atoms with Crippen molar-refractivity contribution in [2.24, 2.45) is 7.05 Å². The molecule has 3 rings (SSSR count). The number of imidazole rings is 1. The fraction of sp³-hybridized carbons (Fsp3) is 0.400. The van der Waals surface area contributed by atoms with Crippen LogP contribution in [0.15, 0.2) is 18.2 Å². The van der Waals surface area contributed by atoms with Gasteiger partial charge in [0.25, 0.3) is 0 Å². The van der Waals surface area contributed by atoms with Crippen LogP contribution in [0, 0.1) is 0 Å². The van der Waals surface area contributed by atoms with Crippen molar-refractivity contribution in [2.75, 3.05) is 19.7 Å². The van der Waals surface area contributed by atoms with Gasteiger partial charge < -0.3 is 14.6 Å². The van der Waals surface area contributed by atoms with E-state index in [1.165, 1.54) is 11.0 Å². The van der Waals surface area contributed by atoms with E-state index in [4.69, 9.17) is 4.74 Å². The van der Waals surface area contributed by atoms with E-state index in [0.717, 1.165) is 12.1 Å². The monoisotopic (exact) mass is 356 g/mol. The Morgan fingerprint density at radius 3 is 2.80 bits per heavy atom. The van der Waals surface area contributed by atoms with Crippen LogP contribution in [-0.2, 0) is 29.3 Å². The van der Waals surface area contributed by atoms with Gasteiger partial charge in [0.2, 0.25) is 5.91 Å². The molecule has 0 unspecified atom stereocenters. The van der Waals surface area contributed by atoms with Crippen molar-refractivity contribution < 1.29 is 27.5 Å². The van der Waals surface area contributed by atoms with E-state index in [1.807, 2.05) is 0 Å². The lowest BCUT2D eigenvalue weighted by Crippen LogP contribution is -2.37. The maximum absolute atomic E-state index is 12.8. The second kappa shape index (κ2) is 6.26. The van der Waals surface area contributed by atoms with Gasteiger partial charge in [-0.2, -0.15) is 13.2 Å². The second-order valence-corrected chi connectivity index (χ2v) is 5.60. The van der Waals surface area contributed by atoms with Gasteiger partial charge in [0.15, 0.2) is 0 Å². The van der Waals surface area contributed by atoms with E-state index < -0.39 is 23.7 Å². The lowest BCUT2D eigenvalue weighted by atomic mass is 10.2. The van der Waals surface area contributed by atoms with Crippen LogP contribution >= 0.6 is 0 Å². The van der Waals surface area contributed by atoms with Crippen molar-refractivity contribution in [1.82, 2.24) is 19.8 Å². The zero-order valence-corrected chi connectivity index (χ0v) is 13.3. The molecule has 1 aromatic heterocycles. The normalized spacial score (nSPS) is 14.9. The van der Waals surface area contributed by atoms with Crippen LogP contribution in [0.2, 0.25) is 0 Å². The molecule has 1 saturated heterocycles. The van der Waals surface area contributed by atoms with Crippen molar-refractivity contribution in [3.63, 3.8) is 0 Å². The van der Waals surface area contributed by atoms with Gasteiger partial charge >= 0.3 is 12.3 Å². The molecule has 1 aromatic carbocycles. The molecule has 0 radical (unpaired) electrons. The highest BCUT2D eigenvalue weighted by atomic mass is 19.4. The zero-order valence-electron chi connectivity index (χ0n) is 13.3. The number of hydrogen-bond acceptors (Lipinski definition) is 4. The third-order valence-corrected chi connectivity index (χ3v) is 3.92. The molecule has 1 fully saturated rings. The summed E-state index contributed by atoms with van der Waals surface area (Å²) < 4.78 is 44.6. The summed E-state index contributed by atoms with van der Waals surface area (Å²) in [6, 6.07) is 3.31. The largest absolute Gasteiger partial charge is 0.448 e. The van der Waals surface area contributed by atoms with Gasteiger partial charge in [-0.15, -0.1) is 0 Å². The van der Waals surface area contributed by atoms with Crippen molar-refractivity contribution in [2.45, 2.75) is 12.7 Å². The summed E-state index contributed by atoms with van der Waals surface area (Å²) in [6.45, 7) is 0.492. The topological polar surface area (TPSA) is 76.5 Å². The van der Waals surface area contributed by atoms with Crippen molar-refractivity contribution >= 4 is 23.0 Å². The molecule has 134 valence electrons. The third-order valence-electron chi connectivity index (χ3n) is 3.92. The number of hydrogen-bond donors (Lipinski definition) is 1. The summed E-state index contributed by atoms with van der Waals surface area (Å²) >= 11 is 0. The molecule has 0 atom stereocenters. The van der Waals surface area contributed by atoms with Crippen molar-refractivity contribution in [3.05, 3.63) is 29.6 Å². The maximum Gasteiger partial charge on any atom is 0.416 e. The van der Waals surface area contributed by atoms with E-state index in [2.05, 4.69) is 10.3 Å². The van der Waals surface area contributed by atoms with Gasteiger partial charge in [0.05, 0.1) is 29.7 Å². The number of cyclic esters (lactones) is 1. The van der Waals surface area contributed by atoms with Gasteiger partial charge in [0.1, 0.15) is 19.0 Å². The number of amides is 2. The average molecular weight is 356 g/mol. The molecule has 2 heterocycles. The second-order valence-electron chi connectivity index (χ2n) is 5.60. The number of rotatable bonds is 4. The lowest BCUT2D eigenvalue weighted by molar-refractivity contribution is -0.137. The molecule has 0 spiro atoms. The number of aromatic nitrogens is 2. The van der Waals surface area contributed by atoms with Gasteiger partial charge in [-0.05, 0) is 18.2 Å². The summed E-state index contributed by atoms with van der Waals surface area (Å²) in [6.07, 6.45) is -4.98. The number of carbonyl (C=O) groups is 2. The molecule has 2 aromatic rings. The molecule has 10 heteroatoms. The smallest absolute Gasteiger partial charge is 0.416 e. The predicted octanol–water partition coefficient (Wildman–Crippen LogP) is 1.66. The fourth-order valence-electron chi connectivity index (χ4n) is 2.56. The SMILES string of the molecule is Cn1c(CNC(=O)CN2CCOC2=O)nc2cc(C(F)(F)F)ccc21. The Kier molecular flexibility index (Phi) is 4.27. The summed E-state index contributed by atoms with van der Waals surface area (Å²) in [5.74, 6) is 0.00793. The van der Waals surface area contributed by atoms with Crippen molar-refractivity contribution in [3.8, 4) is 0 Å². The number of halogens is 3. The van der Waals surface area contributed by atoms with Gasteiger partial charge in [0, 0.05) is 7.05 Å². The minimum Gasteiger partial charge on any atom is -0.448 e. The first kappa shape index (κ1) is 17.1. The fourth-order valence-corrected chi connectivity index (χ4v) is 2.56. The molecule has 1 aliphatic heterocycles. The first-order chi connectivity index (χ1) is 11.8. The van der Waals surface area contributed by atoms with Crippen LogP contribution in [0.4, 0.5) is 18.0 Å². The Morgan fingerprint density at radius 1 is 1.40 bits per heavy atom. The minimum absolute atomic E-state index is 0.0360. The number of fused-ring (bicyclic) bond motifs is 1. The number of ether oxygens (including phenoxy) is 1. The molecule has 0 saturated carbocycles. The average Bonchev–Trinajstić information content (AvgIpc) is 3.08. The highest BCUT2D eigenvalue weighted by Crippen LogP contribution is 2.31. The zero-order chi connectivity index (χ0) is 18.2. The Morgan fingerprint density at radius 2 is 2.16 bits per heavy atom. The van der Waals surface area contributed by atoms with Crippen LogP contribution < -0.4 is 5.32 Å². The van der Waals surface area contributed by atoms with Crippen LogP contribution in [0.1, 0.15) is 11.4 Å². The Balaban J connectivity index is 1.70. The number of nitrogens with one attached hydrogen (secondary N) is 1. The molecule has 25 heavy (non-hydrogen) atoms. The van der Waals surface area contributed by atoms with Crippen LogP contribution in [-0.4, -0.2) is 46.1 Å². The molecule has 0 aliphatic carbocycles. The minimum atomic E-state index is -4.44. The quantitative estimate of drug-likeness (QED) is 0.904. The van der Waals surface area contributed by atoms with Crippen LogP contribution in [0.5, 0.6) is 0 Å². The van der Waals surface area contributed by atoms with Crippen molar-refractivity contribution in [1.29, 1.82) is 0 Å². The van der Waals surface area contributed by atoms with E-state index in [-0.39, 0.29) is 25.2 Å². The third kappa shape index (κ3) is 3.52. The summed E-state index contributed by atoms with van der Waals surface area (Å²) in [5.41, 5.74) is -0.0497. The van der Waals surface area contributed by atoms with Crippen LogP contribution in [0.25, 0.3) is 11.0 Å². The lowest BCUT2D eigenvalue weighted by Gasteiger charge is -2.12. The standard InChI is InChI=1S/C15H15F3N4O3/c1-21-11-3-2-9(15(16,17)18)6-10(11)20-12(21)7-19-13(23)8-22-4-5-25-14(22)24/h2-3,6H,4-5,7-8H2,1H3,(H,19,23). The molecular weight excluding hydrogens is 341 g/mol. The number of alkyl halides is 3. The number of carbonyl (C=O) groups excluding carboxylic acids is 2. The van der Waals surface area contributed by atoms with Gasteiger partial charge in [-0.1, -0.05) is 0 Å². The Labute approximate surface area is 140 Å². The summed E-state index contributed by atoms with van der Waals surface area (Å²) in [7, 11) is 1.65. The molecular formula is C15H15F3N4O3. The highest BCUT2D eigenvalue weighted by molar-refractivity contribution is 5.83. The number of nitrogens with zero attached hydrogens (tertiary/aromatic N) is 3. The van der Waals surface area contributed by atoms with E-state index in [0.29, 0.717) is 17.9 Å². The molecule has 0 bridgehead atoms. The molecule has 2 amide bonds. The summed E-state index contributed by atoms with van der Waals surface area (Å²) in [4.78, 5) is 28.6. The van der Waals surface area contributed by atoms with E-state index in [9.17, 15) is 22.8 Å². The first-order valence-corrected chi connectivity index (χ1v) is 7.46. The first-order valence-electron chi connectivity index (χ1n) is 7.46. The predicted molar refractivity (Wildman–Crippen MR) is 80.5 cm³/mol. The number of benzene rings is 1. The van der Waals surface area contributed by atoms with E-state index in [1.54, 1.807) is 11.6 Å². The maximum atomic E-state index is 12.8. The van der Waals surface area contributed by atoms with Gasteiger partial charge in [-0.3, -0.25) is 9.69 Å². The summed E-state index contributed by atoms with van der Waals surface area (Å²) in [5, 5.41) is 2.60. The molecule has 7 nitrogen and oxygen atoms in total. The molecule has 1 aliphatic rings. The Bertz CT molecular complexity index is 831. The van der Waals surface area contributed by atoms with Gasteiger partial charge in [-0.25, -0.2) is 9.78 Å².